The van der Waals surface area contributed by atoms with Gasteiger partial charge in [-0.2, -0.15) is 0 Å². The molecule has 2 aromatic rings. The van der Waals surface area contributed by atoms with E-state index in [0.717, 1.165) is 5.56 Å². The van der Waals surface area contributed by atoms with Crippen molar-refractivity contribution in [2.24, 2.45) is 0 Å². The fourth-order valence-corrected chi connectivity index (χ4v) is 2.81. The van der Waals surface area contributed by atoms with Crippen molar-refractivity contribution in [3.05, 3.63) is 71.3 Å². The highest BCUT2D eigenvalue weighted by atomic mass is 16.4. The standard InChI is InChI=1S/C22H26N2O4/c1-3-23(2)21(27)18-11-7-12-19(15-18)22(28)24(14-8-13-20(25)26)16-17-9-5-4-6-10-17/h4-7,9-12,15H,3,8,13-14,16H2,1-2H3,(H,25,26). The molecule has 0 spiro atoms. The molecule has 0 fully saturated rings. The summed E-state index contributed by atoms with van der Waals surface area (Å²) < 4.78 is 0. The summed E-state index contributed by atoms with van der Waals surface area (Å²) in [6.45, 7) is 3.17. The van der Waals surface area contributed by atoms with Crippen molar-refractivity contribution in [2.45, 2.75) is 26.3 Å². The van der Waals surface area contributed by atoms with Crippen molar-refractivity contribution >= 4 is 17.8 Å². The van der Waals surface area contributed by atoms with Crippen LogP contribution in [-0.2, 0) is 11.3 Å². The van der Waals surface area contributed by atoms with Gasteiger partial charge in [0.05, 0.1) is 0 Å². The van der Waals surface area contributed by atoms with Crippen molar-refractivity contribution in [1.82, 2.24) is 9.80 Å². The van der Waals surface area contributed by atoms with Gasteiger partial charge in [0, 0.05) is 44.2 Å². The van der Waals surface area contributed by atoms with Crippen LogP contribution in [0.4, 0.5) is 0 Å². The van der Waals surface area contributed by atoms with E-state index in [4.69, 9.17) is 5.11 Å². The van der Waals surface area contributed by atoms with Gasteiger partial charge in [0.25, 0.3) is 11.8 Å². The first-order chi connectivity index (χ1) is 13.4. The van der Waals surface area contributed by atoms with Gasteiger partial charge in [0.2, 0.25) is 0 Å². The summed E-state index contributed by atoms with van der Waals surface area (Å²) in [5.41, 5.74) is 1.84. The van der Waals surface area contributed by atoms with Crippen LogP contribution in [0.5, 0.6) is 0 Å². The molecule has 0 aliphatic rings. The minimum Gasteiger partial charge on any atom is -0.481 e. The molecule has 0 saturated heterocycles. The van der Waals surface area contributed by atoms with Crippen LogP contribution in [0.15, 0.2) is 54.6 Å². The van der Waals surface area contributed by atoms with Gasteiger partial charge in [-0.25, -0.2) is 0 Å². The first-order valence-corrected chi connectivity index (χ1v) is 9.33. The first-order valence-electron chi connectivity index (χ1n) is 9.33. The fraction of sp³-hybridized carbons (Fsp3) is 0.318. The summed E-state index contributed by atoms with van der Waals surface area (Å²) in [5, 5.41) is 8.90. The molecular weight excluding hydrogens is 356 g/mol. The molecule has 0 bridgehead atoms. The normalized spacial score (nSPS) is 10.4. The Labute approximate surface area is 165 Å². The van der Waals surface area contributed by atoms with Gasteiger partial charge in [-0.05, 0) is 37.1 Å². The number of carboxylic acids is 1. The van der Waals surface area contributed by atoms with Crippen molar-refractivity contribution < 1.29 is 19.5 Å². The molecule has 0 radical (unpaired) electrons. The lowest BCUT2D eigenvalue weighted by atomic mass is 10.1. The highest BCUT2D eigenvalue weighted by Crippen LogP contribution is 2.14. The van der Waals surface area contributed by atoms with Crippen LogP contribution < -0.4 is 0 Å². The van der Waals surface area contributed by atoms with Gasteiger partial charge < -0.3 is 14.9 Å². The van der Waals surface area contributed by atoms with Crippen LogP contribution in [0.2, 0.25) is 0 Å². The zero-order chi connectivity index (χ0) is 20.5. The molecule has 28 heavy (non-hydrogen) atoms. The van der Waals surface area contributed by atoms with Crippen LogP contribution in [-0.4, -0.2) is 52.8 Å². The summed E-state index contributed by atoms with van der Waals surface area (Å²) in [6, 6.07) is 16.2. The van der Waals surface area contributed by atoms with Crippen molar-refractivity contribution in [3.8, 4) is 0 Å². The molecular formula is C22H26N2O4. The monoisotopic (exact) mass is 382 g/mol. The van der Waals surface area contributed by atoms with Crippen LogP contribution in [0.25, 0.3) is 0 Å². The third-order valence-corrected chi connectivity index (χ3v) is 4.50. The van der Waals surface area contributed by atoms with Crippen LogP contribution in [0.1, 0.15) is 46.0 Å². The van der Waals surface area contributed by atoms with Crippen molar-refractivity contribution in [2.75, 3.05) is 20.1 Å². The second kappa shape index (κ2) is 10.3. The van der Waals surface area contributed by atoms with Gasteiger partial charge in [0.15, 0.2) is 0 Å². The lowest BCUT2D eigenvalue weighted by Gasteiger charge is -2.23. The maximum absolute atomic E-state index is 13.1. The molecule has 0 atom stereocenters. The Kier molecular flexibility index (Phi) is 7.75. The smallest absolute Gasteiger partial charge is 0.303 e. The molecule has 0 aromatic heterocycles. The Bertz CT molecular complexity index is 820. The molecule has 6 nitrogen and oxygen atoms in total. The van der Waals surface area contributed by atoms with E-state index >= 15 is 0 Å². The Morgan fingerprint density at radius 3 is 2.18 bits per heavy atom. The molecule has 0 saturated carbocycles. The second-order valence-electron chi connectivity index (χ2n) is 6.61. The zero-order valence-electron chi connectivity index (χ0n) is 16.3. The predicted octanol–water partition coefficient (Wildman–Crippen LogP) is 3.29. The van der Waals surface area contributed by atoms with Crippen molar-refractivity contribution in [1.29, 1.82) is 0 Å². The summed E-state index contributed by atoms with van der Waals surface area (Å²) in [6.07, 6.45) is 0.365. The fourth-order valence-electron chi connectivity index (χ4n) is 2.81. The average molecular weight is 382 g/mol. The molecule has 6 heteroatoms. The van der Waals surface area contributed by atoms with E-state index in [1.807, 2.05) is 37.3 Å². The van der Waals surface area contributed by atoms with Crippen molar-refractivity contribution in [3.63, 3.8) is 0 Å². The number of hydrogen-bond acceptors (Lipinski definition) is 3. The van der Waals surface area contributed by atoms with Gasteiger partial charge in [-0.3, -0.25) is 14.4 Å². The molecule has 0 heterocycles. The van der Waals surface area contributed by atoms with Gasteiger partial charge in [-0.1, -0.05) is 36.4 Å². The number of benzene rings is 2. The van der Waals surface area contributed by atoms with Crippen LogP contribution in [0.3, 0.4) is 0 Å². The predicted molar refractivity (Wildman–Crippen MR) is 107 cm³/mol. The maximum atomic E-state index is 13.1. The molecule has 148 valence electrons. The number of carboxylic acid groups (broad SMARTS) is 1. The Hall–Kier alpha value is -3.15. The van der Waals surface area contributed by atoms with E-state index in [1.165, 1.54) is 0 Å². The summed E-state index contributed by atoms with van der Waals surface area (Å²) >= 11 is 0. The Morgan fingerprint density at radius 2 is 1.57 bits per heavy atom. The van der Waals surface area contributed by atoms with Gasteiger partial charge in [-0.15, -0.1) is 0 Å². The Balaban J connectivity index is 2.22. The van der Waals surface area contributed by atoms with E-state index in [0.29, 0.717) is 37.2 Å². The van der Waals surface area contributed by atoms with Gasteiger partial charge >= 0.3 is 5.97 Å². The minimum absolute atomic E-state index is 0.00160. The number of nitrogens with zero attached hydrogens (tertiary/aromatic N) is 2. The maximum Gasteiger partial charge on any atom is 0.303 e. The summed E-state index contributed by atoms with van der Waals surface area (Å²) in [7, 11) is 1.71. The highest BCUT2D eigenvalue weighted by molar-refractivity contribution is 5.99. The number of hydrogen-bond donors (Lipinski definition) is 1. The van der Waals surface area contributed by atoms with E-state index in [9.17, 15) is 14.4 Å². The molecule has 1 N–H and O–H groups in total. The number of rotatable bonds is 9. The third-order valence-electron chi connectivity index (χ3n) is 4.50. The second-order valence-corrected chi connectivity index (χ2v) is 6.61. The molecule has 0 unspecified atom stereocenters. The summed E-state index contributed by atoms with van der Waals surface area (Å²) in [4.78, 5) is 39.5. The van der Waals surface area contributed by atoms with Crippen LogP contribution in [0, 0.1) is 0 Å². The third kappa shape index (κ3) is 5.94. The van der Waals surface area contributed by atoms with E-state index in [1.54, 1.807) is 41.1 Å². The molecule has 0 aliphatic carbocycles. The topological polar surface area (TPSA) is 77.9 Å². The van der Waals surface area contributed by atoms with Gasteiger partial charge in [0.1, 0.15) is 0 Å². The lowest BCUT2D eigenvalue weighted by Crippen LogP contribution is -2.32. The quantitative estimate of drug-likeness (QED) is 0.722. The summed E-state index contributed by atoms with van der Waals surface area (Å²) in [5.74, 6) is -1.25. The SMILES string of the molecule is CCN(C)C(=O)c1cccc(C(=O)N(CCCC(=O)O)Cc2ccccc2)c1. The molecule has 2 amide bonds. The highest BCUT2D eigenvalue weighted by Gasteiger charge is 2.19. The Morgan fingerprint density at radius 1 is 0.929 bits per heavy atom. The van der Waals surface area contributed by atoms with Crippen LogP contribution >= 0.6 is 0 Å². The average Bonchev–Trinajstić information content (AvgIpc) is 2.72. The number of aliphatic carboxylic acids is 1. The van der Waals surface area contributed by atoms with E-state index < -0.39 is 5.97 Å². The minimum atomic E-state index is -0.887. The van der Waals surface area contributed by atoms with E-state index in [-0.39, 0.29) is 18.2 Å². The number of carbonyl (C=O) groups excluding carboxylic acids is 2. The molecule has 2 aromatic carbocycles. The number of amides is 2. The molecule has 2 rings (SSSR count). The first kappa shape index (κ1) is 21.2. The zero-order valence-corrected chi connectivity index (χ0v) is 16.3. The number of carbonyl (C=O) groups is 3. The largest absolute Gasteiger partial charge is 0.481 e. The molecule has 0 aliphatic heterocycles. The lowest BCUT2D eigenvalue weighted by molar-refractivity contribution is -0.137. The van der Waals surface area contributed by atoms with E-state index in [2.05, 4.69) is 0 Å².